The predicted molar refractivity (Wildman–Crippen MR) is 110 cm³/mol. The Morgan fingerprint density at radius 3 is 2.07 bits per heavy atom. The fourth-order valence-corrected chi connectivity index (χ4v) is 3.11. The van der Waals surface area contributed by atoms with Gasteiger partial charge in [-0.3, -0.25) is 0 Å². The highest BCUT2D eigenvalue weighted by Crippen LogP contribution is 2.23. The van der Waals surface area contributed by atoms with E-state index in [1.54, 1.807) is 12.4 Å². The standard InChI is InChI=1S/C19H20N6.ClH.H2O/c1-15-14-17(16-6-3-2-4-7-16)22-23-18(15)24-10-12-25(13-11-24)19-20-8-5-9-21-19;;/h2-9,14H,10-13H2,1H3;1H;1H2. The topological polar surface area (TPSA) is 89.5 Å². The van der Waals surface area contributed by atoms with Gasteiger partial charge in [-0.15, -0.1) is 22.6 Å². The number of nitrogens with zero attached hydrogens (tertiary/aromatic N) is 6. The van der Waals surface area contributed by atoms with Gasteiger partial charge in [0.05, 0.1) is 5.69 Å². The van der Waals surface area contributed by atoms with Gasteiger partial charge in [-0.05, 0) is 24.6 Å². The van der Waals surface area contributed by atoms with Gasteiger partial charge in [0, 0.05) is 44.1 Å². The maximum Gasteiger partial charge on any atom is 0.225 e. The molecule has 0 amide bonds. The predicted octanol–water partition coefficient (Wildman–Crippen LogP) is 2.17. The summed E-state index contributed by atoms with van der Waals surface area (Å²) in [4.78, 5) is 13.2. The maximum absolute atomic E-state index is 4.50. The largest absolute Gasteiger partial charge is 0.412 e. The molecule has 142 valence electrons. The molecule has 2 aromatic heterocycles. The van der Waals surface area contributed by atoms with Gasteiger partial charge in [0.1, 0.15) is 0 Å². The lowest BCUT2D eigenvalue weighted by atomic mass is 10.1. The van der Waals surface area contributed by atoms with Crippen LogP contribution in [0.4, 0.5) is 11.8 Å². The molecule has 1 fully saturated rings. The van der Waals surface area contributed by atoms with E-state index in [0.717, 1.165) is 54.8 Å². The molecule has 1 aliphatic rings. The number of benzene rings is 1. The fourth-order valence-electron chi connectivity index (χ4n) is 3.11. The first-order valence-electron chi connectivity index (χ1n) is 8.48. The fraction of sp³-hybridized carbons (Fsp3) is 0.263. The van der Waals surface area contributed by atoms with Gasteiger partial charge >= 0.3 is 0 Å². The average molecular weight is 387 g/mol. The van der Waals surface area contributed by atoms with E-state index < -0.39 is 0 Å². The second kappa shape index (κ2) is 9.25. The first kappa shape index (κ1) is 20.5. The van der Waals surface area contributed by atoms with Crippen LogP contribution in [0, 0.1) is 6.92 Å². The summed E-state index contributed by atoms with van der Waals surface area (Å²) in [5, 5.41) is 8.93. The Morgan fingerprint density at radius 1 is 0.815 bits per heavy atom. The third-order valence-corrected chi connectivity index (χ3v) is 4.44. The Hall–Kier alpha value is -2.77. The van der Waals surface area contributed by atoms with Crippen molar-refractivity contribution in [1.29, 1.82) is 0 Å². The average Bonchev–Trinajstić information content (AvgIpc) is 2.69. The van der Waals surface area contributed by atoms with Gasteiger partial charge in [0.25, 0.3) is 0 Å². The van der Waals surface area contributed by atoms with Gasteiger partial charge in [-0.1, -0.05) is 30.3 Å². The Labute approximate surface area is 164 Å². The third-order valence-electron chi connectivity index (χ3n) is 4.44. The van der Waals surface area contributed by atoms with Crippen molar-refractivity contribution in [3.8, 4) is 11.3 Å². The number of aryl methyl sites for hydroxylation is 1. The minimum Gasteiger partial charge on any atom is -0.412 e. The van der Waals surface area contributed by atoms with Crippen molar-refractivity contribution in [3.05, 3.63) is 60.4 Å². The molecule has 4 rings (SSSR count). The lowest BCUT2D eigenvalue weighted by Gasteiger charge is -2.35. The van der Waals surface area contributed by atoms with Crippen molar-refractivity contribution < 1.29 is 5.48 Å². The third kappa shape index (κ3) is 4.50. The molecule has 0 unspecified atom stereocenters. The van der Waals surface area contributed by atoms with E-state index in [-0.39, 0.29) is 17.9 Å². The molecule has 27 heavy (non-hydrogen) atoms. The van der Waals surface area contributed by atoms with Crippen molar-refractivity contribution in [2.24, 2.45) is 0 Å². The number of hydrogen-bond acceptors (Lipinski definition) is 6. The van der Waals surface area contributed by atoms with Crippen LogP contribution in [0.1, 0.15) is 5.56 Å². The first-order chi connectivity index (χ1) is 12.3. The molecule has 3 heterocycles. The van der Waals surface area contributed by atoms with Crippen LogP contribution in [0.25, 0.3) is 11.3 Å². The summed E-state index contributed by atoms with van der Waals surface area (Å²) in [5.74, 6) is 1.76. The minimum absolute atomic E-state index is 0. The zero-order chi connectivity index (χ0) is 17.1. The summed E-state index contributed by atoms with van der Waals surface area (Å²) in [6, 6.07) is 14.1. The first-order valence-corrected chi connectivity index (χ1v) is 8.48. The van der Waals surface area contributed by atoms with Gasteiger partial charge in [-0.2, -0.15) is 0 Å². The highest BCUT2D eigenvalue weighted by Gasteiger charge is 2.21. The Balaban J connectivity index is 0.00000131. The van der Waals surface area contributed by atoms with E-state index in [1.807, 2.05) is 24.3 Å². The van der Waals surface area contributed by atoms with Crippen LogP contribution >= 0.6 is 12.4 Å². The minimum atomic E-state index is 0. The molecule has 0 radical (unpaired) electrons. The molecular formula is C19H23ClN6O. The van der Waals surface area contributed by atoms with E-state index in [0.29, 0.717) is 0 Å². The van der Waals surface area contributed by atoms with Crippen LogP contribution in [-0.4, -0.2) is 51.8 Å². The van der Waals surface area contributed by atoms with Crippen LogP contribution in [0.2, 0.25) is 0 Å². The smallest absolute Gasteiger partial charge is 0.225 e. The Morgan fingerprint density at radius 2 is 1.44 bits per heavy atom. The van der Waals surface area contributed by atoms with E-state index in [9.17, 15) is 0 Å². The molecule has 0 spiro atoms. The summed E-state index contributed by atoms with van der Waals surface area (Å²) in [6.45, 7) is 5.64. The van der Waals surface area contributed by atoms with Gasteiger partial charge in [0.2, 0.25) is 5.95 Å². The highest BCUT2D eigenvalue weighted by atomic mass is 35.5. The van der Waals surface area contributed by atoms with Crippen molar-refractivity contribution in [2.45, 2.75) is 6.92 Å². The second-order valence-corrected chi connectivity index (χ2v) is 6.13. The molecule has 1 aliphatic heterocycles. The lowest BCUT2D eigenvalue weighted by Crippen LogP contribution is -2.47. The van der Waals surface area contributed by atoms with Crippen molar-refractivity contribution in [2.75, 3.05) is 36.0 Å². The molecule has 2 N–H and O–H groups in total. The molecule has 7 nitrogen and oxygen atoms in total. The molecule has 0 bridgehead atoms. The second-order valence-electron chi connectivity index (χ2n) is 6.13. The summed E-state index contributed by atoms with van der Waals surface area (Å²) in [5.41, 5.74) is 3.16. The molecule has 0 aliphatic carbocycles. The summed E-state index contributed by atoms with van der Waals surface area (Å²) in [7, 11) is 0. The van der Waals surface area contributed by atoms with Crippen LogP contribution < -0.4 is 9.80 Å². The monoisotopic (exact) mass is 386 g/mol. The number of halogens is 1. The van der Waals surface area contributed by atoms with E-state index in [2.05, 4.69) is 55.1 Å². The van der Waals surface area contributed by atoms with Crippen LogP contribution in [0.15, 0.2) is 54.9 Å². The van der Waals surface area contributed by atoms with E-state index in [4.69, 9.17) is 0 Å². The van der Waals surface area contributed by atoms with Gasteiger partial charge < -0.3 is 15.3 Å². The molecule has 0 atom stereocenters. The molecule has 3 aromatic rings. The number of hydrogen-bond donors (Lipinski definition) is 0. The zero-order valence-corrected chi connectivity index (χ0v) is 15.9. The molecular weight excluding hydrogens is 364 g/mol. The van der Waals surface area contributed by atoms with E-state index >= 15 is 0 Å². The highest BCUT2D eigenvalue weighted by molar-refractivity contribution is 5.85. The maximum atomic E-state index is 4.50. The quantitative estimate of drug-likeness (QED) is 0.685. The summed E-state index contributed by atoms with van der Waals surface area (Å²) >= 11 is 0. The van der Waals surface area contributed by atoms with Crippen LogP contribution in [0.3, 0.4) is 0 Å². The normalized spacial score (nSPS) is 13.5. The van der Waals surface area contributed by atoms with Gasteiger partial charge in [-0.25, -0.2) is 9.97 Å². The number of piperazine rings is 1. The van der Waals surface area contributed by atoms with Gasteiger partial charge in [0.15, 0.2) is 5.82 Å². The Bertz CT molecular complexity index is 841. The van der Waals surface area contributed by atoms with Crippen LogP contribution in [-0.2, 0) is 0 Å². The van der Waals surface area contributed by atoms with Crippen LogP contribution in [0.5, 0.6) is 0 Å². The number of rotatable bonds is 3. The van der Waals surface area contributed by atoms with Crippen molar-refractivity contribution >= 4 is 24.2 Å². The molecule has 1 saturated heterocycles. The number of anilines is 2. The molecule has 1 aromatic carbocycles. The summed E-state index contributed by atoms with van der Waals surface area (Å²) in [6.07, 6.45) is 3.57. The molecule has 0 saturated carbocycles. The lowest BCUT2D eigenvalue weighted by molar-refractivity contribution is 0.630. The van der Waals surface area contributed by atoms with Crippen molar-refractivity contribution in [3.63, 3.8) is 0 Å². The Kier molecular flexibility index (Phi) is 7.04. The summed E-state index contributed by atoms with van der Waals surface area (Å²) < 4.78 is 0. The number of aromatic nitrogens is 4. The van der Waals surface area contributed by atoms with E-state index in [1.165, 1.54) is 0 Å². The zero-order valence-electron chi connectivity index (χ0n) is 15.1. The van der Waals surface area contributed by atoms with Crippen molar-refractivity contribution in [1.82, 2.24) is 20.2 Å². The molecule has 8 heteroatoms. The SMILES string of the molecule is Cc1cc(-c2ccccc2)nnc1N1CCN(c2ncccn2)CC1.Cl.O.